The zero-order valence-corrected chi connectivity index (χ0v) is 17.7. The zero-order valence-electron chi connectivity index (χ0n) is 17.7. The van der Waals surface area contributed by atoms with Gasteiger partial charge in [0, 0.05) is 38.6 Å². The number of aliphatic imine (C=N–C) groups is 1. The summed E-state index contributed by atoms with van der Waals surface area (Å²) >= 11 is 0. The van der Waals surface area contributed by atoms with Gasteiger partial charge in [-0.2, -0.15) is 0 Å². The van der Waals surface area contributed by atoms with Gasteiger partial charge in [-0.1, -0.05) is 30.3 Å². The number of nitrogens with zero attached hydrogens (tertiary/aromatic N) is 3. The Bertz CT molecular complexity index is 923. The Morgan fingerprint density at radius 3 is 2.57 bits per heavy atom. The first kappa shape index (κ1) is 21.2. The van der Waals surface area contributed by atoms with Gasteiger partial charge in [0.2, 0.25) is 0 Å². The fourth-order valence-corrected chi connectivity index (χ4v) is 2.95. The third kappa shape index (κ3) is 6.55. The summed E-state index contributed by atoms with van der Waals surface area (Å²) in [5.41, 5.74) is 2.43. The monoisotopic (exact) mass is 407 g/mol. The molecule has 0 saturated carbocycles. The maximum Gasteiger partial charge on any atom is 0.191 e. The fourth-order valence-electron chi connectivity index (χ4n) is 2.95. The molecule has 1 aromatic heterocycles. The Labute approximate surface area is 177 Å². The molecule has 2 N–H and O–H groups in total. The van der Waals surface area contributed by atoms with Gasteiger partial charge in [-0.25, -0.2) is 4.98 Å². The molecular weight excluding hydrogens is 378 g/mol. The van der Waals surface area contributed by atoms with Gasteiger partial charge in [0.1, 0.15) is 17.6 Å². The van der Waals surface area contributed by atoms with Gasteiger partial charge in [0.15, 0.2) is 5.96 Å². The number of rotatable bonds is 9. The van der Waals surface area contributed by atoms with Gasteiger partial charge in [0.05, 0.1) is 20.0 Å². The van der Waals surface area contributed by atoms with Gasteiger partial charge < -0.3 is 24.7 Å². The van der Waals surface area contributed by atoms with Crippen LogP contribution in [0.1, 0.15) is 18.1 Å². The zero-order chi connectivity index (χ0) is 21.2. The predicted molar refractivity (Wildman–Crippen MR) is 119 cm³/mol. The van der Waals surface area contributed by atoms with E-state index in [9.17, 15) is 0 Å². The topological polar surface area (TPSA) is 72.7 Å². The van der Waals surface area contributed by atoms with E-state index in [-0.39, 0.29) is 6.10 Å². The van der Waals surface area contributed by atoms with E-state index >= 15 is 0 Å². The van der Waals surface area contributed by atoms with Crippen LogP contribution in [0.3, 0.4) is 0 Å². The van der Waals surface area contributed by atoms with E-state index in [0.717, 1.165) is 24.0 Å². The van der Waals surface area contributed by atoms with Crippen LogP contribution < -0.4 is 20.1 Å². The van der Waals surface area contributed by atoms with E-state index < -0.39 is 0 Å². The second-order valence-corrected chi connectivity index (χ2v) is 6.97. The average molecular weight is 408 g/mol. The van der Waals surface area contributed by atoms with E-state index in [4.69, 9.17) is 9.47 Å². The molecule has 3 aromatic rings. The van der Waals surface area contributed by atoms with Crippen LogP contribution in [0.15, 0.2) is 72.2 Å². The first-order valence-electron chi connectivity index (χ1n) is 9.95. The minimum absolute atomic E-state index is 0.0295. The van der Waals surface area contributed by atoms with E-state index in [2.05, 4.69) is 44.9 Å². The number of benzene rings is 2. The molecule has 1 unspecified atom stereocenters. The van der Waals surface area contributed by atoms with Crippen LogP contribution in [0.4, 0.5) is 0 Å². The lowest BCUT2D eigenvalue weighted by atomic mass is 10.1. The Balaban J connectivity index is 1.42. The molecule has 158 valence electrons. The molecule has 3 rings (SSSR count). The molecule has 7 heteroatoms. The number of hydrogen-bond donors (Lipinski definition) is 2. The van der Waals surface area contributed by atoms with Crippen molar-refractivity contribution in [1.82, 2.24) is 20.2 Å². The Hall–Kier alpha value is -3.48. The van der Waals surface area contributed by atoms with Gasteiger partial charge >= 0.3 is 0 Å². The standard InChI is InChI=1S/C23H29N5O2/c1-18(30-22-6-4-5-21(13-22)29-3)14-26-23(24-2)27-15-19-7-9-20(10-8-19)16-28-12-11-25-17-28/h4-13,17-18H,14-16H2,1-3H3,(H2,24,26,27). The number of hydrogen-bond acceptors (Lipinski definition) is 4. The fraction of sp³-hybridized carbons (Fsp3) is 0.304. The second kappa shape index (κ2) is 10.9. The maximum atomic E-state index is 5.94. The van der Waals surface area contributed by atoms with Crippen LogP contribution in [-0.4, -0.2) is 42.3 Å². The van der Waals surface area contributed by atoms with E-state index in [1.807, 2.05) is 48.3 Å². The number of nitrogens with one attached hydrogen (secondary N) is 2. The molecular formula is C23H29N5O2. The van der Waals surface area contributed by atoms with Gasteiger partial charge in [-0.05, 0) is 30.2 Å². The van der Waals surface area contributed by atoms with Crippen molar-refractivity contribution >= 4 is 5.96 Å². The molecule has 0 saturated heterocycles. The van der Waals surface area contributed by atoms with Crippen LogP contribution in [0.25, 0.3) is 0 Å². The summed E-state index contributed by atoms with van der Waals surface area (Å²) < 4.78 is 13.2. The summed E-state index contributed by atoms with van der Waals surface area (Å²) in [7, 11) is 3.41. The minimum Gasteiger partial charge on any atom is -0.497 e. The second-order valence-electron chi connectivity index (χ2n) is 6.97. The first-order valence-corrected chi connectivity index (χ1v) is 9.95. The molecule has 0 aliphatic rings. The van der Waals surface area contributed by atoms with Crippen molar-refractivity contribution in [3.05, 3.63) is 78.4 Å². The van der Waals surface area contributed by atoms with Crippen LogP contribution in [0.2, 0.25) is 0 Å². The van der Waals surface area contributed by atoms with E-state index in [1.165, 1.54) is 11.1 Å². The highest BCUT2D eigenvalue weighted by atomic mass is 16.5. The smallest absolute Gasteiger partial charge is 0.191 e. The van der Waals surface area contributed by atoms with Crippen molar-refractivity contribution in [1.29, 1.82) is 0 Å². The highest BCUT2D eigenvalue weighted by Gasteiger charge is 2.07. The molecule has 0 spiro atoms. The van der Waals surface area contributed by atoms with Crippen LogP contribution in [-0.2, 0) is 13.1 Å². The Morgan fingerprint density at radius 1 is 1.10 bits per heavy atom. The van der Waals surface area contributed by atoms with Crippen molar-refractivity contribution < 1.29 is 9.47 Å². The van der Waals surface area contributed by atoms with E-state index in [1.54, 1.807) is 20.4 Å². The quantitative estimate of drug-likeness (QED) is 0.421. The minimum atomic E-state index is -0.0295. The number of methoxy groups -OCH3 is 1. The van der Waals surface area contributed by atoms with Crippen molar-refractivity contribution in [2.24, 2.45) is 4.99 Å². The molecule has 2 aromatic carbocycles. The SMILES string of the molecule is CN=C(NCc1ccc(Cn2ccnc2)cc1)NCC(C)Oc1cccc(OC)c1. The largest absolute Gasteiger partial charge is 0.497 e. The van der Waals surface area contributed by atoms with E-state index in [0.29, 0.717) is 13.1 Å². The Morgan fingerprint density at radius 2 is 1.87 bits per heavy atom. The van der Waals surface area contributed by atoms with Crippen LogP contribution >= 0.6 is 0 Å². The van der Waals surface area contributed by atoms with Crippen molar-refractivity contribution in [3.8, 4) is 11.5 Å². The maximum absolute atomic E-state index is 5.94. The summed E-state index contributed by atoms with van der Waals surface area (Å²) in [6, 6.07) is 16.1. The summed E-state index contributed by atoms with van der Waals surface area (Å²) in [6.45, 7) is 4.15. The van der Waals surface area contributed by atoms with Gasteiger partial charge in [0.25, 0.3) is 0 Å². The third-order valence-electron chi connectivity index (χ3n) is 4.57. The predicted octanol–water partition coefficient (Wildman–Crippen LogP) is 3.07. The highest BCUT2D eigenvalue weighted by Crippen LogP contribution is 2.19. The number of imidazole rings is 1. The highest BCUT2D eigenvalue weighted by molar-refractivity contribution is 5.79. The molecule has 1 atom stereocenters. The number of guanidine groups is 1. The normalized spacial score (nSPS) is 12.3. The molecule has 0 bridgehead atoms. The molecule has 30 heavy (non-hydrogen) atoms. The molecule has 0 fully saturated rings. The Kier molecular flexibility index (Phi) is 7.71. The van der Waals surface area contributed by atoms with Crippen molar-refractivity contribution in [2.75, 3.05) is 20.7 Å². The van der Waals surface area contributed by atoms with Crippen molar-refractivity contribution in [3.63, 3.8) is 0 Å². The van der Waals surface area contributed by atoms with Crippen LogP contribution in [0.5, 0.6) is 11.5 Å². The number of aromatic nitrogens is 2. The van der Waals surface area contributed by atoms with Gasteiger partial charge in [-0.15, -0.1) is 0 Å². The molecule has 7 nitrogen and oxygen atoms in total. The van der Waals surface area contributed by atoms with Crippen LogP contribution in [0, 0.1) is 0 Å². The first-order chi connectivity index (χ1) is 14.7. The molecule has 0 amide bonds. The summed E-state index contributed by atoms with van der Waals surface area (Å²) in [4.78, 5) is 8.36. The average Bonchev–Trinajstić information content (AvgIpc) is 3.28. The number of ether oxygens (including phenoxy) is 2. The lowest BCUT2D eigenvalue weighted by Gasteiger charge is -2.18. The molecule has 0 aliphatic heterocycles. The summed E-state index contributed by atoms with van der Waals surface area (Å²) in [6.07, 6.45) is 5.55. The summed E-state index contributed by atoms with van der Waals surface area (Å²) in [5, 5.41) is 6.64. The lowest BCUT2D eigenvalue weighted by Crippen LogP contribution is -2.41. The third-order valence-corrected chi connectivity index (χ3v) is 4.57. The van der Waals surface area contributed by atoms with Gasteiger partial charge in [-0.3, -0.25) is 4.99 Å². The molecule has 1 heterocycles. The lowest BCUT2D eigenvalue weighted by molar-refractivity contribution is 0.223. The molecule has 0 radical (unpaired) electrons. The summed E-state index contributed by atoms with van der Waals surface area (Å²) in [5.74, 6) is 2.29. The molecule has 0 aliphatic carbocycles. The van der Waals surface area contributed by atoms with Crippen molar-refractivity contribution in [2.45, 2.75) is 26.1 Å².